The number of allylic oxidation sites excluding steroid dienone is 6. The number of carboxylic acids is 1. The number of H-pyrrole nitrogens is 1. The first-order valence-corrected chi connectivity index (χ1v) is 15.6. The maximum atomic E-state index is 12.1. The molecule has 3 N–H and O–H groups in total. The van der Waals surface area contributed by atoms with Crippen molar-refractivity contribution in [3.8, 4) is 11.1 Å². The second kappa shape index (κ2) is 13.8. The smallest absolute Gasteiger partial charge is 0.303 e. The van der Waals surface area contributed by atoms with E-state index >= 15 is 0 Å². The molecule has 1 aliphatic heterocycles. The van der Waals surface area contributed by atoms with Crippen LogP contribution < -0.4 is 5.43 Å². The van der Waals surface area contributed by atoms with Gasteiger partial charge in [-0.25, -0.2) is 4.98 Å². The third-order valence-electron chi connectivity index (χ3n) is 8.85. The van der Waals surface area contributed by atoms with E-state index in [1.54, 1.807) is 6.08 Å². The van der Waals surface area contributed by atoms with Crippen LogP contribution in [0.25, 0.3) is 27.7 Å². The number of benzene rings is 2. The van der Waals surface area contributed by atoms with Crippen LogP contribution in [0, 0.1) is 16.7 Å². The number of rotatable bonds is 11. The summed E-state index contributed by atoms with van der Waals surface area (Å²) in [5, 5.41) is 9.14. The number of aliphatic carboxylic acids is 1. The lowest BCUT2D eigenvalue weighted by Gasteiger charge is -2.29. The highest BCUT2D eigenvalue weighted by Crippen LogP contribution is 2.37. The summed E-state index contributed by atoms with van der Waals surface area (Å²) < 4.78 is 0. The van der Waals surface area contributed by atoms with Crippen molar-refractivity contribution in [1.29, 1.82) is 0 Å². The van der Waals surface area contributed by atoms with E-state index in [2.05, 4.69) is 49.1 Å². The predicted molar refractivity (Wildman–Crippen MR) is 177 cm³/mol. The van der Waals surface area contributed by atoms with E-state index in [-0.39, 0.29) is 6.42 Å². The Balaban J connectivity index is 1.32. The Hall–Kier alpha value is -4.59. The molecular weight excluding hydrogens is 550 g/mol. The minimum atomic E-state index is -0.686. The second-order valence-corrected chi connectivity index (χ2v) is 11.9. The number of carboxylic acid groups (broad SMARTS) is 1. The largest absolute Gasteiger partial charge is 0.481 e. The molecule has 44 heavy (non-hydrogen) atoms. The zero-order chi connectivity index (χ0) is 31.2. The van der Waals surface area contributed by atoms with Gasteiger partial charge in [0.2, 0.25) is 0 Å². The van der Waals surface area contributed by atoms with Crippen LogP contribution in [0.15, 0.2) is 83.5 Å². The standard InChI is InChI=1S/C36H41N5O3/c1-5-8-26(27-15-12-25(13-16-27)19-35(42)43)14-11-23(3)31(6-2)37-21-24(4)36-39-32-18-17-28(20-33(32)40-36)29-9-7-10-34-30(29)22-38-41(34)44/h6-7,9-11,14,17-18,20-21,25,27H,2,5,8,12-13,15-16,19,22H2,1,3-4H3,(H2-,38,39,40,42,43,44)/p+1. The molecule has 0 radical (unpaired) electrons. The number of hydrogen-bond donors (Lipinski definition) is 3. The molecule has 5 rings (SSSR count). The highest BCUT2D eigenvalue weighted by Gasteiger charge is 2.30. The summed E-state index contributed by atoms with van der Waals surface area (Å²) in [6.07, 6.45) is 14.5. The van der Waals surface area contributed by atoms with Crippen LogP contribution >= 0.6 is 0 Å². The summed E-state index contributed by atoms with van der Waals surface area (Å²) in [4.78, 5) is 37.0. The van der Waals surface area contributed by atoms with E-state index in [1.165, 1.54) is 5.57 Å². The van der Waals surface area contributed by atoms with Gasteiger partial charge in [-0.15, -0.1) is 5.43 Å². The Kier molecular flexibility index (Phi) is 9.68. The molecule has 0 spiro atoms. The van der Waals surface area contributed by atoms with Gasteiger partial charge in [0.25, 0.3) is 5.69 Å². The monoisotopic (exact) mass is 592 g/mol. The molecule has 2 aliphatic rings. The van der Waals surface area contributed by atoms with E-state index < -0.39 is 5.97 Å². The van der Waals surface area contributed by atoms with Gasteiger partial charge < -0.3 is 10.1 Å². The number of hydrazine groups is 1. The van der Waals surface area contributed by atoms with Gasteiger partial charge in [0.05, 0.1) is 27.2 Å². The molecule has 1 aromatic heterocycles. The number of aromatic nitrogens is 2. The molecule has 1 aliphatic carbocycles. The van der Waals surface area contributed by atoms with Crippen molar-refractivity contribution >= 4 is 34.0 Å². The van der Waals surface area contributed by atoms with Gasteiger partial charge in [0.15, 0.2) is 4.87 Å². The summed E-state index contributed by atoms with van der Waals surface area (Å²) >= 11 is 0. The van der Waals surface area contributed by atoms with E-state index in [0.29, 0.717) is 24.1 Å². The predicted octanol–water partition coefficient (Wildman–Crippen LogP) is 8.60. The number of nitroso groups, excluding NO2 is 1. The molecule has 1 saturated carbocycles. The zero-order valence-electron chi connectivity index (χ0n) is 25.9. The number of aromatic amines is 1. The molecule has 1 fully saturated rings. The molecular formula is C36H42N5O3+. The number of aliphatic imine (C=N–C) groups is 1. The lowest BCUT2D eigenvalue weighted by molar-refractivity contribution is -0.519. The Bertz CT molecular complexity index is 1700. The molecule has 8 heteroatoms. The maximum absolute atomic E-state index is 12.1. The van der Waals surface area contributed by atoms with Gasteiger partial charge >= 0.3 is 5.97 Å². The van der Waals surface area contributed by atoms with Gasteiger partial charge in [0, 0.05) is 24.3 Å². The maximum Gasteiger partial charge on any atom is 0.303 e. The number of fused-ring (bicyclic) bond motifs is 2. The van der Waals surface area contributed by atoms with Crippen LogP contribution in [0.1, 0.15) is 77.1 Å². The number of nitrogens with one attached hydrogen (secondary N) is 2. The average molecular weight is 593 g/mol. The van der Waals surface area contributed by atoms with Crippen molar-refractivity contribution < 1.29 is 14.8 Å². The fourth-order valence-electron chi connectivity index (χ4n) is 6.38. The van der Waals surface area contributed by atoms with Crippen molar-refractivity contribution in [2.24, 2.45) is 16.8 Å². The first-order chi connectivity index (χ1) is 21.3. The Morgan fingerprint density at radius 1 is 1.16 bits per heavy atom. The van der Waals surface area contributed by atoms with E-state index in [0.717, 1.165) is 93.8 Å². The molecule has 228 valence electrons. The van der Waals surface area contributed by atoms with E-state index in [1.807, 2.05) is 43.5 Å². The fourth-order valence-corrected chi connectivity index (χ4v) is 6.38. The first-order valence-electron chi connectivity index (χ1n) is 15.6. The van der Waals surface area contributed by atoms with Crippen LogP contribution in [0.4, 0.5) is 5.69 Å². The molecule has 0 atom stereocenters. The minimum absolute atomic E-state index is 0.287. The Labute approximate surface area is 258 Å². The van der Waals surface area contributed by atoms with Crippen molar-refractivity contribution in [2.75, 3.05) is 0 Å². The molecule has 0 unspecified atom stereocenters. The summed E-state index contributed by atoms with van der Waals surface area (Å²) in [6, 6.07) is 11.9. The average Bonchev–Trinajstić information content (AvgIpc) is 3.63. The van der Waals surface area contributed by atoms with Gasteiger partial charge in [-0.1, -0.05) is 55.8 Å². The van der Waals surface area contributed by atoms with Crippen molar-refractivity contribution in [3.05, 3.63) is 94.8 Å². The van der Waals surface area contributed by atoms with Gasteiger partial charge in [-0.3, -0.25) is 9.79 Å². The third-order valence-corrected chi connectivity index (χ3v) is 8.85. The van der Waals surface area contributed by atoms with Crippen LogP contribution in [-0.2, 0) is 11.3 Å². The minimum Gasteiger partial charge on any atom is -0.481 e. The quantitative estimate of drug-likeness (QED) is 0.117. The van der Waals surface area contributed by atoms with E-state index in [9.17, 15) is 9.70 Å². The van der Waals surface area contributed by atoms with Crippen molar-refractivity contribution in [1.82, 2.24) is 15.4 Å². The molecule has 2 heterocycles. The highest BCUT2D eigenvalue weighted by molar-refractivity contribution is 6.08. The summed E-state index contributed by atoms with van der Waals surface area (Å²) in [5.41, 5.74) is 12.5. The van der Waals surface area contributed by atoms with Crippen LogP contribution in [0.5, 0.6) is 0 Å². The van der Waals surface area contributed by atoms with Gasteiger partial charge in [0.1, 0.15) is 12.4 Å². The summed E-state index contributed by atoms with van der Waals surface area (Å²) in [5.74, 6) is 0.888. The SMILES string of the molecule is C=CC(=NC=C(C)c1nc2ccc(-c3cccc4c3CN[N+]4=O)cc2[nH]1)C(C)=CC=C(CCC)C1CCC(CC(=O)O)CC1. The Morgan fingerprint density at radius 3 is 2.68 bits per heavy atom. The van der Waals surface area contributed by atoms with Crippen LogP contribution in [-0.4, -0.2) is 31.6 Å². The molecule has 8 nitrogen and oxygen atoms in total. The number of nitrogens with zero attached hydrogens (tertiary/aromatic N) is 3. The lowest BCUT2D eigenvalue weighted by atomic mass is 9.76. The number of hydrogen-bond acceptors (Lipinski definition) is 4. The number of carbonyl (C=O) groups is 1. The molecule has 3 aromatic rings. The van der Waals surface area contributed by atoms with Gasteiger partial charge in [-0.2, -0.15) is 0 Å². The van der Waals surface area contributed by atoms with Crippen molar-refractivity contribution in [2.45, 2.75) is 72.3 Å². The van der Waals surface area contributed by atoms with Crippen LogP contribution in [0.3, 0.4) is 0 Å². The topological polar surface area (TPSA) is 110 Å². The second-order valence-electron chi connectivity index (χ2n) is 11.9. The first kappa shape index (κ1) is 30.9. The Morgan fingerprint density at radius 2 is 1.95 bits per heavy atom. The molecule has 0 amide bonds. The fraction of sp³-hybridized carbons (Fsp3) is 0.361. The number of imidazole rings is 1. The van der Waals surface area contributed by atoms with Crippen LogP contribution in [0.2, 0.25) is 0 Å². The summed E-state index contributed by atoms with van der Waals surface area (Å²) in [7, 11) is 0. The zero-order valence-corrected chi connectivity index (χ0v) is 25.9. The van der Waals surface area contributed by atoms with E-state index in [4.69, 9.17) is 15.1 Å². The third kappa shape index (κ3) is 6.96. The molecule has 0 saturated heterocycles. The van der Waals surface area contributed by atoms with Crippen molar-refractivity contribution in [3.63, 3.8) is 0 Å². The normalized spacial score (nSPS) is 19.7. The molecule has 0 bridgehead atoms. The molecule has 2 aromatic carbocycles. The lowest BCUT2D eigenvalue weighted by Crippen LogP contribution is -2.18. The highest BCUT2D eigenvalue weighted by atomic mass is 16.4. The summed E-state index contributed by atoms with van der Waals surface area (Å²) in [6.45, 7) is 10.8. The van der Waals surface area contributed by atoms with Gasteiger partial charge in [-0.05, 0) is 92.7 Å².